The highest BCUT2D eigenvalue weighted by atomic mass is 35.5. The fourth-order valence-electron chi connectivity index (χ4n) is 2.50. The molecule has 0 fully saturated rings. The summed E-state index contributed by atoms with van der Waals surface area (Å²) >= 11 is 5.87. The van der Waals surface area contributed by atoms with Gasteiger partial charge in [-0.05, 0) is 42.5 Å². The predicted octanol–water partition coefficient (Wildman–Crippen LogP) is 5.06. The van der Waals surface area contributed by atoms with Crippen LogP contribution in [0.25, 0.3) is 11.3 Å². The average molecular weight is 459 g/mol. The van der Waals surface area contributed by atoms with E-state index in [4.69, 9.17) is 16.1 Å². The molecule has 0 unspecified atom stereocenters. The Labute approximate surface area is 174 Å². The quantitative estimate of drug-likeness (QED) is 0.577. The first-order valence-corrected chi connectivity index (χ1v) is 10.5. The summed E-state index contributed by atoms with van der Waals surface area (Å²) in [5.74, 6) is -0.691. The van der Waals surface area contributed by atoms with Crippen LogP contribution in [-0.2, 0) is 16.0 Å². The summed E-state index contributed by atoms with van der Waals surface area (Å²) in [5.41, 5.74) is -0.919. The lowest BCUT2D eigenvalue weighted by Crippen LogP contribution is -2.14. The van der Waals surface area contributed by atoms with Crippen LogP contribution >= 0.6 is 11.6 Å². The van der Waals surface area contributed by atoms with Crippen LogP contribution in [0.1, 0.15) is 23.0 Å². The number of benzene rings is 2. The third-order valence-electron chi connectivity index (χ3n) is 4.16. The first-order valence-electron chi connectivity index (χ1n) is 8.49. The van der Waals surface area contributed by atoms with Crippen LogP contribution in [0.2, 0.25) is 5.02 Å². The molecule has 1 N–H and O–H groups in total. The number of carbonyl (C=O) groups excluding carboxylic acids is 1. The lowest BCUT2D eigenvalue weighted by molar-refractivity contribution is -0.137. The van der Waals surface area contributed by atoms with Crippen LogP contribution < -0.4 is 5.32 Å². The second-order valence-electron chi connectivity index (χ2n) is 6.15. The zero-order valence-corrected chi connectivity index (χ0v) is 16.9. The molecule has 0 saturated heterocycles. The molecule has 0 bridgehead atoms. The van der Waals surface area contributed by atoms with Crippen LogP contribution in [0.3, 0.4) is 0 Å². The average Bonchev–Trinajstić information content (AvgIpc) is 3.19. The van der Waals surface area contributed by atoms with E-state index in [1.807, 2.05) is 0 Å². The molecule has 11 heteroatoms. The molecule has 0 aliphatic carbocycles. The minimum Gasteiger partial charge on any atom is -0.355 e. The third kappa shape index (κ3) is 4.65. The van der Waals surface area contributed by atoms with Crippen LogP contribution in [-0.4, -0.2) is 25.2 Å². The van der Waals surface area contributed by atoms with Gasteiger partial charge in [-0.1, -0.05) is 23.7 Å². The van der Waals surface area contributed by atoms with Gasteiger partial charge in [0, 0.05) is 11.6 Å². The number of halogens is 4. The molecule has 6 nitrogen and oxygen atoms in total. The lowest BCUT2D eigenvalue weighted by Gasteiger charge is -2.10. The molecule has 2 aromatic carbocycles. The van der Waals surface area contributed by atoms with Crippen molar-refractivity contribution in [2.45, 2.75) is 18.0 Å². The molecule has 1 aromatic heterocycles. The molecule has 0 spiro atoms. The van der Waals surface area contributed by atoms with Gasteiger partial charge in [-0.3, -0.25) is 4.79 Å². The molecule has 0 radical (unpaired) electrons. The molecule has 3 aromatic rings. The number of nitrogens with zero attached hydrogens (tertiary/aromatic N) is 1. The van der Waals surface area contributed by atoms with Crippen molar-refractivity contribution in [1.82, 2.24) is 5.16 Å². The second kappa shape index (κ2) is 8.11. The Morgan fingerprint density at radius 2 is 1.80 bits per heavy atom. The monoisotopic (exact) mass is 458 g/mol. The van der Waals surface area contributed by atoms with Crippen molar-refractivity contribution in [2.75, 3.05) is 11.1 Å². The maximum atomic E-state index is 12.9. The largest absolute Gasteiger partial charge is 0.416 e. The van der Waals surface area contributed by atoms with Crippen molar-refractivity contribution >= 4 is 33.0 Å². The molecule has 0 saturated carbocycles. The number of amides is 1. The van der Waals surface area contributed by atoms with Crippen LogP contribution in [0.4, 0.5) is 18.9 Å². The molecule has 3 rings (SSSR count). The summed E-state index contributed by atoms with van der Waals surface area (Å²) in [6, 6.07) is 9.61. The third-order valence-corrected chi connectivity index (χ3v) is 6.24. The van der Waals surface area contributed by atoms with E-state index < -0.39 is 27.5 Å². The lowest BCUT2D eigenvalue weighted by atomic mass is 10.1. The fraction of sp³-hybridized carbons (Fsp3) is 0.158. The summed E-state index contributed by atoms with van der Waals surface area (Å²) in [5, 5.41) is 5.80. The van der Waals surface area contributed by atoms with Gasteiger partial charge in [0.15, 0.2) is 21.3 Å². The van der Waals surface area contributed by atoms with E-state index in [2.05, 4.69) is 10.5 Å². The number of nitrogens with one attached hydrogen (secondary N) is 1. The summed E-state index contributed by atoms with van der Waals surface area (Å²) < 4.78 is 67.4. The normalized spacial score (nSPS) is 12.0. The van der Waals surface area contributed by atoms with Crippen molar-refractivity contribution in [2.24, 2.45) is 0 Å². The van der Waals surface area contributed by atoms with Crippen molar-refractivity contribution in [3.05, 3.63) is 64.8 Å². The van der Waals surface area contributed by atoms with Crippen LogP contribution in [0.15, 0.2) is 57.9 Å². The van der Waals surface area contributed by atoms with Crippen molar-refractivity contribution in [1.29, 1.82) is 0 Å². The minimum atomic E-state index is -4.59. The Bertz CT molecular complexity index is 1190. The Morgan fingerprint density at radius 1 is 1.13 bits per heavy atom. The molecule has 30 heavy (non-hydrogen) atoms. The van der Waals surface area contributed by atoms with Crippen LogP contribution in [0, 0.1) is 0 Å². The van der Waals surface area contributed by atoms with Gasteiger partial charge in [0.1, 0.15) is 0 Å². The maximum Gasteiger partial charge on any atom is 0.416 e. The van der Waals surface area contributed by atoms with E-state index in [-0.39, 0.29) is 32.8 Å². The van der Waals surface area contributed by atoms with Crippen LogP contribution in [0.5, 0.6) is 0 Å². The standard InChI is InChI=1S/C19H14ClF3N2O4S/c1-2-30(27,28)13-6-3-11(4-7-13)17-10-16(25-29-17)18(26)24-15-9-12(19(21,22)23)5-8-14(15)20/h3-10H,2H2,1H3,(H,24,26). The molecular formula is C19H14ClF3N2O4S. The number of rotatable bonds is 5. The van der Waals surface area contributed by atoms with Gasteiger partial charge in [0.25, 0.3) is 5.91 Å². The van der Waals surface area contributed by atoms with Crippen molar-refractivity contribution < 1.29 is 30.9 Å². The van der Waals surface area contributed by atoms with Gasteiger partial charge in [0.05, 0.1) is 26.9 Å². The number of hydrogen-bond acceptors (Lipinski definition) is 5. The Morgan fingerprint density at radius 3 is 2.40 bits per heavy atom. The van der Waals surface area contributed by atoms with Gasteiger partial charge in [-0.2, -0.15) is 13.2 Å². The topological polar surface area (TPSA) is 89.3 Å². The minimum absolute atomic E-state index is 0.0446. The van der Waals surface area contributed by atoms with E-state index in [0.717, 1.165) is 12.1 Å². The molecule has 0 atom stereocenters. The first kappa shape index (κ1) is 21.8. The smallest absolute Gasteiger partial charge is 0.355 e. The number of hydrogen-bond donors (Lipinski definition) is 1. The number of sulfone groups is 1. The SMILES string of the molecule is CCS(=O)(=O)c1ccc(-c2cc(C(=O)Nc3cc(C(F)(F)F)ccc3Cl)no2)cc1. The highest BCUT2D eigenvalue weighted by Crippen LogP contribution is 2.34. The Hall–Kier alpha value is -2.85. The fourth-order valence-corrected chi connectivity index (χ4v) is 3.54. The molecule has 0 aliphatic heterocycles. The second-order valence-corrected chi connectivity index (χ2v) is 8.84. The van der Waals surface area contributed by atoms with Gasteiger partial charge < -0.3 is 9.84 Å². The van der Waals surface area contributed by atoms with Crippen molar-refractivity contribution in [3.63, 3.8) is 0 Å². The zero-order chi connectivity index (χ0) is 22.1. The van der Waals surface area contributed by atoms with Crippen molar-refractivity contribution in [3.8, 4) is 11.3 Å². The number of alkyl halides is 3. The van der Waals surface area contributed by atoms with E-state index in [0.29, 0.717) is 11.6 Å². The van der Waals surface area contributed by atoms with E-state index in [9.17, 15) is 26.4 Å². The van der Waals surface area contributed by atoms with E-state index in [1.165, 1.54) is 37.3 Å². The van der Waals surface area contributed by atoms with Gasteiger partial charge in [-0.25, -0.2) is 8.42 Å². The van der Waals surface area contributed by atoms with E-state index in [1.54, 1.807) is 0 Å². The van der Waals surface area contributed by atoms with Gasteiger partial charge in [0.2, 0.25) is 0 Å². The molecule has 158 valence electrons. The summed E-state index contributed by atoms with van der Waals surface area (Å²) in [7, 11) is -3.36. The van der Waals surface area contributed by atoms with E-state index >= 15 is 0 Å². The zero-order valence-electron chi connectivity index (χ0n) is 15.3. The molecule has 1 heterocycles. The molecular weight excluding hydrogens is 445 g/mol. The van der Waals surface area contributed by atoms with Gasteiger partial charge >= 0.3 is 6.18 Å². The van der Waals surface area contributed by atoms with Gasteiger partial charge in [-0.15, -0.1) is 0 Å². The molecule has 1 amide bonds. The Balaban J connectivity index is 1.81. The Kier molecular flexibility index (Phi) is 5.91. The highest BCUT2D eigenvalue weighted by molar-refractivity contribution is 7.91. The predicted molar refractivity (Wildman–Crippen MR) is 104 cm³/mol. The maximum absolute atomic E-state index is 12.9. The summed E-state index contributed by atoms with van der Waals surface area (Å²) in [6.45, 7) is 1.53. The number of carbonyl (C=O) groups is 1. The molecule has 0 aliphatic rings. The number of aromatic nitrogens is 1. The highest BCUT2D eigenvalue weighted by Gasteiger charge is 2.31. The first-order chi connectivity index (χ1) is 14.0. The number of anilines is 1. The summed E-state index contributed by atoms with van der Waals surface area (Å²) in [6.07, 6.45) is -4.59. The summed E-state index contributed by atoms with van der Waals surface area (Å²) in [4.78, 5) is 12.5.